The van der Waals surface area contributed by atoms with Crippen LogP contribution < -0.4 is 5.32 Å². The standard InChI is InChI=1S/C14H18N2O2/c1-10-4-2-6-12-14(10)16-13(18-12)8-15-11-5-3-7-17-9-11/h2,4,6,11,15H,3,5,7-9H2,1H3. The van der Waals surface area contributed by atoms with Crippen LogP contribution in [0, 0.1) is 6.92 Å². The van der Waals surface area contributed by atoms with E-state index in [0.717, 1.165) is 42.2 Å². The zero-order chi connectivity index (χ0) is 12.4. The van der Waals surface area contributed by atoms with Crippen molar-refractivity contribution in [3.8, 4) is 0 Å². The second-order valence-corrected chi connectivity index (χ2v) is 4.82. The van der Waals surface area contributed by atoms with E-state index in [9.17, 15) is 0 Å². The number of hydrogen-bond acceptors (Lipinski definition) is 4. The van der Waals surface area contributed by atoms with Crippen LogP contribution >= 0.6 is 0 Å². The van der Waals surface area contributed by atoms with Gasteiger partial charge in [0.25, 0.3) is 0 Å². The number of rotatable bonds is 3. The molecule has 2 heterocycles. The van der Waals surface area contributed by atoms with Crippen molar-refractivity contribution in [2.45, 2.75) is 32.4 Å². The van der Waals surface area contributed by atoms with Crippen LogP contribution in [0.2, 0.25) is 0 Å². The van der Waals surface area contributed by atoms with Gasteiger partial charge in [0.05, 0.1) is 13.2 Å². The third-order valence-corrected chi connectivity index (χ3v) is 3.37. The lowest BCUT2D eigenvalue weighted by Gasteiger charge is -2.22. The average Bonchev–Trinajstić information content (AvgIpc) is 2.82. The highest BCUT2D eigenvalue weighted by Gasteiger charge is 2.14. The fraction of sp³-hybridized carbons (Fsp3) is 0.500. The van der Waals surface area contributed by atoms with Crippen LogP contribution in [0.25, 0.3) is 11.1 Å². The zero-order valence-electron chi connectivity index (χ0n) is 10.6. The van der Waals surface area contributed by atoms with Crippen molar-refractivity contribution in [1.82, 2.24) is 10.3 Å². The molecule has 1 saturated heterocycles. The summed E-state index contributed by atoms with van der Waals surface area (Å²) in [7, 11) is 0. The number of nitrogens with one attached hydrogen (secondary N) is 1. The van der Waals surface area contributed by atoms with Crippen LogP contribution in [0.3, 0.4) is 0 Å². The Balaban J connectivity index is 1.69. The third-order valence-electron chi connectivity index (χ3n) is 3.37. The summed E-state index contributed by atoms with van der Waals surface area (Å²) in [4.78, 5) is 4.53. The topological polar surface area (TPSA) is 47.3 Å². The van der Waals surface area contributed by atoms with Crippen LogP contribution in [0.4, 0.5) is 0 Å². The molecule has 4 nitrogen and oxygen atoms in total. The van der Waals surface area contributed by atoms with Crippen molar-refractivity contribution < 1.29 is 9.15 Å². The number of benzene rings is 1. The molecule has 4 heteroatoms. The zero-order valence-corrected chi connectivity index (χ0v) is 10.6. The minimum atomic E-state index is 0.426. The van der Waals surface area contributed by atoms with Crippen LogP contribution in [0.15, 0.2) is 22.6 Å². The molecule has 1 aromatic heterocycles. The molecule has 0 spiro atoms. The first-order valence-electron chi connectivity index (χ1n) is 6.49. The van der Waals surface area contributed by atoms with E-state index < -0.39 is 0 Å². The fourth-order valence-corrected chi connectivity index (χ4v) is 2.34. The minimum absolute atomic E-state index is 0.426. The molecule has 0 aliphatic carbocycles. The van der Waals surface area contributed by atoms with Crippen molar-refractivity contribution in [2.24, 2.45) is 0 Å². The first-order valence-corrected chi connectivity index (χ1v) is 6.49. The monoisotopic (exact) mass is 246 g/mol. The second-order valence-electron chi connectivity index (χ2n) is 4.82. The Morgan fingerprint density at radius 1 is 1.44 bits per heavy atom. The van der Waals surface area contributed by atoms with Crippen molar-refractivity contribution in [3.63, 3.8) is 0 Å². The van der Waals surface area contributed by atoms with Gasteiger partial charge in [-0.1, -0.05) is 12.1 Å². The quantitative estimate of drug-likeness (QED) is 0.903. The molecule has 18 heavy (non-hydrogen) atoms. The summed E-state index contributed by atoms with van der Waals surface area (Å²) in [6, 6.07) is 6.43. The molecule has 1 fully saturated rings. The fourth-order valence-electron chi connectivity index (χ4n) is 2.34. The first kappa shape index (κ1) is 11.7. The number of para-hydroxylation sites is 1. The molecule has 1 atom stereocenters. The van der Waals surface area contributed by atoms with Crippen LogP contribution in [0.1, 0.15) is 24.3 Å². The molecule has 3 rings (SSSR count). The van der Waals surface area contributed by atoms with Crippen LogP contribution in [-0.4, -0.2) is 24.2 Å². The molecule has 0 saturated carbocycles. The Hall–Kier alpha value is -1.39. The Bertz CT molecular complexity index is 530. The molecule has 1 unspecified atom stereocenters. The maximum Gasteiger partial charge on any atom is 0.209 e. The van der Waals surface area contributed by atoms with Gasteiger partial charge in [0, 0.05) is 12.6 Å². The van der Waals surface area contributed by atoms with Gasteiger partial charge in [-0.25, -0.2) is 4.98 Å². The number of ether oxygens (including phenoxy) is 1. The largest absolute Gasteiger partial charge is 0.439 e. The number of hydrogen-bond donors (Lipinski definition) is 1. The predicted octanol–water partition coefficient (Wildman–Crippen LogP) is 2.40. The third kappa shape index (κ3) is 2.40. The number of aryl methyl sites for hydroxylation is 1. The molecule has 1 aliphatic heterocycles. The van der Waals surface area contributed by atoms with Gasteiger partial charge >= 0.3 is 0 Å². The maximum atomic E-state index is 5.73. The summed E-state index contributed by atoms with van der Waals surface area (Å²) in [5.41, 5.74) is 2.99. The van der Waals surface area contributed by atoms with Crippen molar-refractivity contribution in [2.75, 3.05) is 13.2 Å². The van der Waals surface area contributed by atoms with Gasteiger partial charge in [-0.3, -0.25) is 0 Å². The lowest BCUT2D eigenvalue weighted by atomic mass is 10.1. The predicted molar refractivity (Wildman–Crippen MR) is 69.4 cm³/mol. The molecule has 1 N–H and O–H groups in total. The van der Waals surface area contributed by atoms with Crippen molar-refractivity contribution in [3.05, 3.63) is 29.7 Å². The summed E-state index contributed by atoms with van der Waals surface area (Å²) in [6.45, 7) is 4.40. The number of nitrogens with zero attached hydrogens (tertiary/aromatic N) is 1. The molecule has 1 aromatic carbocycles. The van der Waals surface area contributed by atoms with E-state index in [0.29, 0.717) is 12.6 Å². The van der Waals surface area contributed by atoms with Gasteiger partial charge in [0.2, 0.25) is 5.89 Å². The molecular formula is C14H18N2O2. The number of fused-ring (bicyclic) bond motifs is 1. The summed E-state index contributed by atoms with van der Waals surface area (Å²) >= 11 is 0. The summed E-state index contributed by atoms with van der Waals surface area (Å²) in [5, 5.41) is 3.44. The first-order chi connectivity index (χ1) is 8.83. The van der Waals surface area contributed by atoms with E-state index in [1.807, 2.05) is 12.1 Å². The Morgan fingerprint density at radius 2 is 2.39 bits per heavy atom. The van der Waals surface area contributed by atoms with Gasteiger partial charge in [-0.2, -0.15) is 0 Å². The van der Waals surface area contributed by atoms with Gasteiger partial charge < -0.3 is 14.5 Å². The normalized spacial score (nSPS) is 20.4. The average molecular weight is 246 g/mol. The smallest absolute Gasteiger partial charge is 0.209 e. The van der Waals surface area contributed by atoms with E-state index in [2.05, 4.69) is 23.3 Å². The van der Waals surface area contributed by atoms with Crippen LogP contribution in [-0.2, 0) is 11.3 Å². The second kappa shape index (κ2) is 5.08. The van der Waals surface area contributed by atoms with Gasteiger partial charge in [0.1, 0.15) is 5.52 Å². The van der Waals surface area contributed by atoms with Gasteiger partial charge in [0.15, 0.2) is 5.58 Å². The van der Waals surface area contributed by atoms with E-state index in [1.54, 1.807) is 0 Å². The van der Waals surface area contributed by atoms with E-state index in [-0.39, 0.29) is 0 Å². The molecule has 0 radical (unpaired) electrons. The van der Waals surface area contributed by atoms with Gasteiger partial charge in [-0.05, 0) is 31.4 Å². The summed E-state index contributed by atoms with van der Waals surface area (Å²) in [5.74, 6) is 0.755. The highest BCUT2D eigenvalue weighted by atomic mass is 16.5. The van der Waals surface area contributed by atoms with E-state index >= 15 is 0 Å². The molecule has 0 bridgehead atoms. The lowest BCUT2D eigenvalue weighted by Crippen LogP contribution is -2.36. The van der Waals surface area contributed by atoms with E-state index in [1.165, 1.54) is 6.42 Å². The van der Waals surface area contributed by atoms with Crippen molar-refractivity contribution >= 4 is 11.1 Å². The highest BCUT2D eigenvalue weighted by Crippen LogP contribution is 2.19. The summed E-state index contributed by atoms with van der Waals surface area (Å²) < 4.78 is 11.2. The molecule has 2 aromatic rings. The Morgan fingerprint density at radius 3 is 3.17 bits per heavy atom. The molecular weight excluding hydrogens is 228 g/mol. The van der Waals surface area contributed by atoms with Crippen LogP contribution in [0.5, 0.6) is 0 Å². The van der Waals surface area contributed by atoms with E-state index in [4.69, 9.17) is 9.15 Å². The van der Waals surface area contributed by atoms with Crippen molar-refractivity contribution in [1.29, 1.82) is 0 Å². The Kier molecular flexibility index (Phi) is 3.30. The molecule has 0 amide bonds. The SMILES string of the molecule is Cc1cccc2oc(CNC3CCCOC3)nc12. The molecule has 96 valence electrons. The highest BCUT2D eigenvalue weighted by molar-refractivity contribution is 5.76. The number of aromatic nitrogens is 1. The van der Waals surface area contributed by atoms with Gasteiger partial charge in [-0.15, -0.1) is 0 Å². The molecule has 1 aliphatic rings. The lowest BCUT2D eigenvalue weighted by molar-refractivity contribution is 0.0692. The number of oxazole rings is 1. The minimum Gasteiger partial charge on any atom is -0.439 e. The maximum absolute atomic E-state index is 5.73. The Labute approximate surface area is 106 Å². The summed E-state index contributed by atoms with van der Waals surface area (Å²) in [6.07, 6.45) is 2.30.